The van der Waals surface area contributed by atoms with Crippen molar-refractivity contribution in [1.82, 2.24) is 0 Å². The maximum absolute atomic E-state index is 6.01. The van der Waals surface area contributed by atoms with Crippen LogP contribution in [0.5, 0.6) is 0 Å². The van der Waals surface area contributed by atoms with Crippen LogP contribution in [-0.4, -0.2) is 12.6 Å². The molecule has 0 saturated carbocycles. The minimum atomic E-state index is 0.00801. The van der Waals surface area contributed by atoms with Gasteiger partial charge >= 0.3 is 0 Å². The molecule has 0 aromatic heterocycles. The monoisotopic (exact) mass is 235 g/mol. The highest BCUT2D eigenvalue weighted by Crippen LogP contribution is 2.22. The largest absolute Gasteiger partial charge is 0.372 e. The number of ether oxygens (including phenoxy) is 1. The zero-order chi connectivity index (χ0) is 12.8. The molecular formula is C15H25NO. The molecule has 0 aliphatic rings. The van der Waals surface area contributed by atoms with Crippen LogP contribution in [0.1, 0.15) is 44.4 Å². The zero-order valence-corrected chi connectivity index (χ0v) is 11.4. The molecule has 0 bridgehead atoms. The first kappa shape index (κ1) is 14.2. The average molecular weight is 235 g/mol. The number of rotatable bonds is 6. The summed E-state index contributed by atoms with van der Waals surface area (Å²) in [5.41, 5.74) is 8.45. The molecule has 0 aliphatic heterocycles. The predicted octanol–water partition coefficient (Wildman–Crippen LogP) is 3.45. The molecule has 1 rings (SSSR count). The summed E-state index contributed by atoms with van der Waals surface area (Å²) in [5, 5.41) is 0. The molecule has 2 atom stereocenters. The number of hydrogen-bond donors (Lipinski definition) is 1. The van der Waals surface area contributed by atoms with Crippen molar-refractivity contribution in [3.8, 4) is 0 Å². The molecule has 0 fully saturated rings. The molecule has 2 N–H and O–H groups in total. The predicted molar refractivity (Wildman–Crippen MR) is 73.0 cm³/mol. The van der Waals surface area contributed by atoms with E-state index in [9.17, 15) is 0 Å². The van der Waals surface area contributed by atoms with Crippen molar-refractivity contribution >= 4 is 0 Å². The smallest absolute Gasteiger partial charge is 0.0973 e. The lowest BCUT2D eigenvalue weighted by Crippen LogP contribution is -2.27. The van der Waals surface area contributed by atoms with Crippen molar-refractivity contribution in [3.05, 3.63) is 35.4 Å². The maximum atomic E-state index is 6.01. The second-order valence-corrected chi connectivity index (χ2v) is 5.25. The Morgan fingerprint density at radius 1 is 1.24 bits per heavy atom. The summed E-state index contributed by atoms with van der Waals surface area (Å²) in [5.74, 6) is 0.668. The topological polar surface area (TPSA) is 35.2 Å². The van der Waals surface area contributed by atoms with Crippen LogP contribution in [0, 0.1) is 12.8 Å². The fourth-order valence-corrected chi connectivity index (χ4v) is 1.83. The second kappa shape index (κ2) is 6.77. The Kier molecular flexibility index (Phi) is 5.66. The van der Waals surface area contributed by atoms with Crippen molar-refractivity contribution in [3.63, 3.8) is 0 Å². The molecule has 0 heterocycles. The molecule has 1 aromatic carbocycles. The van der Waals surface area contributed by atoms with Gasteiger partial charge in [-0.25, -0.2) is 0 Å². The van der Waals surface area contributed by atoms with Crippen LogP contribution in [0.3, 0.4) is 0 Å². The van der Waals surface area contributed by atoms with Gasteiger partial charge in [-0.3, -0.25) is 0 Å². The molecule has 0 radical (unpaired) electrons. The maximum Gasteiger partial charge on any atom is 0.0973 e. The third-order valence-electron chi connectivity index (χ3n) is 2.84. The van der Waals surface area contributed by atoms with E-state index in [2.05, 4.69) is 45.0 Å². The van der Waals surface area contributed by atoms with E-state index in [1.54, 1.807) is 0 Å². The Hall–Kier alpha value is -0.860. The number of aryl methyl sites for hydroxylation is 1. The Labute approximate surface area is 105 Å². The van der Waals surface area contributed by atoms with E-state index in [-0.39, 0.29) is 12.1 Å². The van der Waals surface area contributed by atoms with Gasteiger partial charge < -0.3 is 10.5 Å². The third-order valence-corrected chi connectivity index (χ3v) is 2.84. The summed E-state index contributed by atoms with van der Waals surface area (Å²) in [6, 6.07) is 8.42. The van der Waals surface area contributed by atoms with Crippen LogP contribution in [0.15, 0.2) is 24.3 Å². The van der Waals surface area contributed by atoms with Crippen LogP contribution >= 0.6 is 0 Å². The molecule has 2 nitrogen and oxygen atoms in total. The zero-order valence-electron chi connectivity index (χ0n) is 11.4. The highest BCUT2D eigenvalue weighted by atomic mass is 16.5. The first-order valence-electron chi connectivity index (χ1n) is 6.44. The van der Waals surface area contributed by atoms with Gasteiger partial charge in [0.2, 0.25) is 0 Å². The van der Waals surface area contributed by atoms with E-state index in [1.165, 1.54) is 11.1 Å². The van der Waals surface area contributed by atoms with Gasteiger partial charge in [-0.15, -0.1) is 0 Å². The second-order valence-electron chi connectivity index (χ2n) is 5.25. The minimum absolute atomic E-state index is 0.00801. The standard InChI is InChI=1S/C15H25NO/c1-11(2)8-9-17-15(13(4)16)14-7-5-6-12(3)10-14/h5-7,10-11,13,15H,8-9,16H2,1-4H3. The normalized spacial score (nSPS) is 14.9. The van der Waals surface area contributed by atoms with Gasteiger partial charge in [0.1, 0.15) is 0 Å². The Morgan fingerprint density at radius 2 is 1.94 bits per heavy atom. The Morgan fingerprint density at radius 3 is 2.47 bits per heavy atom. The van der Waals surface area contributed by atoms with Crippen LogP contribution in [-0.2, 0) is 4.74 Å². The van der Waals surface area contributed by atoms with E-state index in [4.69, 9.17) is 10.5 Å². The molecule has 0 spiro atoms. The van der Waals surface area contributed by atoms with E-state index in [0.717, 1.165) is 13.0 Å². The van der Waals surface area contributed by atoms with Crippen LogP contribution in [0.2, 0.25) is 0 Å². The van der Waals surface area contributed by atoms with Crippen LogP contribution < -0.4 is 5.73 Å². The lowest BCUT2D eigenvalue weighted by atomic mass is 10.0. The third kappa shape index (κ3) is 4.88. The first-order chi connectivity index (χ1) is 8.00. The van der Waals surface area contributed by atoms with Crippen LogP contribution in [0.25, 0.3) is 0 Å². The summed E-state index contributed by atoms with van der Waals surface area (Å²) < 4.78 is 5.93. The molecule has 2 unspecified atom stereocenters. The molecular weight excluding hydrogens is 210 g/mol. The van der Waals surface area contributed by atoms with Gasteiger partial charge in [0.05, 0.1) is 6.10 Å². The summed E-state index contributed by atoms with van der Waals surface area (Å²) in [7, 11) is 0. The molecule has 2 heteroatoms. The number of nitrogens with two attached hydrogens (primary N) is 1. The van der Waals surface area contributed by atoms with Gasteiger partial charge in [-0.2, -0.15) is 0 Å². The highest BCUT2D eigenvalue weighted by Gasteiger charge is 2.16. The average Bonchev–Trinajstić information content (AvgIpc) is 2.23. The van der Waals surface area contributed by atoms with Crippen molar-refractivity contribution in [2.24, 2.45) is 11.7 Å². The molecule has 0 amide bonds. The van der Waals surface area contributed by atoms with E-state index >= 15 is 0 Å². The lowest BCUT2D eigenvalue weighted by molar-refractivity contribution is 0.0321. The van der Waals surface area contributed by atoms with E-state index < -0.39 is 0 Å². The summed E-state index contributed by atoms with van der Waals surface area (Å²) in [6.45, 7) is 9.28. The Bertz CT molecular complexity index is 333. The summed E-state index contributed by atoms with van der Waals surface area (Å²) >= 11 is 0. The SMILES string of the molecule is Cc1cccc(C(OCCC(C)C)C(C)N)c1. The molecule has 96 valence electrons. The van der Waals surface area contributed by atoms with Gasteiger partial charge in [0.25, 0.3) is 0 Å². The van der Waals surface area contributed by atoms with Gasteiger partial charge in [0, 0.05) is 12.6 Å². The number of hydrogen-bond acceptors (Lipinski definition) is 2. The van der Waals surface area contributed by atoms with Crippen molar-refractivity contribution < 1.29 is 4.74 Å². The highest BCUT2D eigenvalue weighted by molar-refractivity contribution is 5.25. The van der Waals surface area contributed by atoms with Gasteiger partial charge in [-0.1, -0.05) is 43.7 Å². The molecule has 0 aliphatic carbocycles. The van der Waals surface area contributed by atoms with Crippen molar-refractivity contribution in [1.29, 1.82) is 0 Å². The summed E-state index contributed by atoms with van der Waals surface area (Å²) in [6.07, 6.45) is 1.09. The van der Waals surface area contributed by atoms with Crippen molar-refractivity contribution in [2.45, 2.75) is 46.3 Å². The van der Waals surface area contributed by atoms with Gasteiger partial charge in [-0.05, 0) is 31.7 Å². The van der Waals surface area contributed by atoms with Crippen molar-refractivity contribution in [2.75, 3.05) is 6.61 Å². The fraction of sp³-hybridized carbons (Fsp3) is 0.600. The number of benzene rings is 1. The first-order valence-corrected chi connectivity index (χ1v) is 6.44. The minimum Gasteiger partial charge on any atom is -0.372 e. The molecule has 17 heavy (non-hydrogen) atoms. The molecule has 1 aromatic rings. The van der Waals surface area contributed by atoms with Gasteiger partial charge in [0.15, 0.2) is 0 Å². The fourth-order valence-electron chi connectivity index (χ4n) is 1.83. The van der Waals surface area contributed by atoms with Crippen LogP contribution in [0.4, 0.5) is 0 Å². The quantitative estimate of drug-likeness (QED) is 0.819. The van der Waals surface area contributed by atoms with E-state index in [0.29, 0.717) is 5.92 Å². The van der Waals surface area contributed by atoms with E-state index in [1.807, 2.05) is 6.92 Å². The lowest BCUT2D eigenvalue weighted by Gasteiger charge is -2.22. The molecule has 0 saturated heterocycles. The Balaban J connectivity index is 2.66. The summed E-state index contributed by atoms with van der Waals surface area (Å²) in [4.78, 5) is 0.